The minimum atomic E-state index is 0.180. The van der Waals surface area contributed by atoms with Crippen LogP contribution in [0.4, 0.5) is 5.00 Å². The Hall–Kier alpha value is -1.27. The van der Waals surface area contributed by atoms with Crippen molar-refractivity contribution in [2.24, 2.45) is 16.3 Å². The number of fused-ring (bicyclic) bond motifs is 1. The fourth-order valence-electron chi connectivity index (χ4n) is 4.84. The van der Waals surface area contributed by atoms with Crippen LogP contribution in [-0.2, 0) is 4.74 Å². The molecule has 25 heavy (non-hydrogen) atoms. The van der Waals surface area contributed by atoms with Gasteiger partial charge in [0.25, 0.3) is 0 Å². The highest BCUT2D eigenvalue weighted by Gasteiger charge is 2.58. The minimum Gasteiger partial charge on any atom is -0.377 e. The Labute approximate surface area is 155 Å². The van der Waals surface area contributed by atoms with E-state index in [0.717, 1.165) is 38.7 Å². The molecule has 2 saturated heterocycles. The molecule has 1 saturated carbocycles. The van der Waals surface area contributed by atoms with Crippen LogP contribution < -0.4 is 10.2 Å². The van der Waals surface area contributed by atoms with Crippen molar-refractivity contribution in [3.63, 3.8) is 0 Å². The molecule has 5 nitrogen and oxygen atoms in total. The smallest absolute Gasteiger partial charge is 0.194 e. The first-order valence-electron chi connectivity index (χ1n) is 9.49. The van der Waals surface area contributed by atoms with Crippen LogP contribution in [0.25, 0.3) is 0 Å². The lowest BCUT2D eigenvalue weighted by molar-refractivity contribution is -0.188. The molecular weight excluding hydrogens is 332 g/mol. The highest BCUT2D eigenvalue weighted by Crippen LogP contribution is 2.51. The molecule has 1 aromatic heterocycles. The van der Waals surface area contributed by atoms with E-state index < -0.39 is 0 Å². The maximum atomic E-state index is 6.04. The summed E-state index contributed by atoms with van der Waals surface area (Å²) in [5.74, 6) is 1.70. The van der Waals surface area contributed by atoms with Gasteiger partial charge in [0.05, 0.1) is 11.1 Å². The van der Waals surface area contributed by atoms with Crippen LogP contribution in [0.5, 0.6) is 0 Å². The van der Waals surface area contributed by atoms with Gasteiger partial charge in [-0.2, -0.15) is 0 Å². The number of rotatable bonds is 2. The molecule has 0 aromatic carbocycles. The van der Waals surface area contributed by atoms with Gasteiger partial charge < -0.3 is 19.9 Å². The molecule has 1 N–H and O–H groups in total. The lowest BCUT2D eigenvalue weighted by Crippen LogP contribution is -2.71. The van der Waals surface area contributed by atoms with Gasteiger partial charge >= 0.3 is 0 Å². The summed E-state index contributed by atoms with van der Waals surface area (Å²) in [6, 6.07) is 4.81. The molecule has 3 atom stereocenters. The highest BCUT2D eigenvalue weighted by atomic mass is 32.1. The normalized spacial score (nSPS) is 32.1. The third-order valence-corrected chi connectivity index (χ3v) is 7.15. The Kier molecular flexibility index (Phi) is 4.67. The zero-order valence-corrected chi connectivity index (χ0v) is 16.4. The lowest BCUT2D eigenvalue weighted by atomic mass is 9.55. The number of guanidine groups is 1. The van der Waals surface area contributed by atoms with Crippen LogP contribution >= 0.6 is 11.3 Å². The number of thiophene rings is 1. The van der Waals surface area contributed by atoms with E-state index >= 15 is 0 Å². The summed E-state index contributed by atoms with van der Waals surface area (Å²) in [5.41, 5.74) is 0.180. The number of piperazine rings is 1. The van der Waals surface area contributed by atoms with Gasteiger partial charge in [0.2, 0.25) is 0 Å². The van der Waals surface area contributed by atoms with Crippen LogP contribution in [0.1, 0.15) is 26.7 Å². The Balaban J connectivity index is 1.37. The molecular formula is C19H30N4OS. The molecule has 1 aliphatic carbocycles. The molecule has 3 unspecified atom stereocenters. The van der Waals surface area contributed by atoms with Gasteiger partial charge in [0.15, 0.2) is 5.96 Å². The van der Waals surface area contributed by atoms with Crippen molar-refractivity contribution >= 4 is 22.3 Å². The molecule has 3 heterocycles. The third kappa shape index (κ3) is 3.04. The Morgan fingerprint density at radius 1 is 1.32 bits per heavy atom. The van der Waals surface area contributed by atoms with E-state index in [0.29, 0.717) is 18.1 Å². The molecule has 0 amide bonds. The lowest BCUT2D eigenvalue weighted by Gasteiger charge is -2.60. The van der Waals surface area contributed by atoms with Crippen LogP contribution in [0.3, 0.4) is 0 Å². The second kappa shape index (κ2) is 6.80. The van der Waals surface area contributed by atoms with Gasteiger partial charge in [0, 0.05) is 57.2 Å². The van der Waals surface area contributed by atoms with E-state index in [9.17, 15) is 0 Å². The molecule has 2 aliphatic heterocycles. The largest absolute Gasteiger partial charge is 0.377 e. The van der Waals surface area contributed by atoms with E-state index in [2.05, 4.69) is 51.5 Å². The van der Waals surface area contributed by atoms with E-state index in [4.69, 9.17) is 4.74 Å². The van der Waals surface area contributed by atoms with Crippen molar-refractivity contribution < 1.29 is 4.74 Å². The van der Waals surface area contributed by atoms with Gasteiger partial charge in [-0.3, -0.25) is 4.99 Å². The van der Waals surface area contributed by atoms with Gasteiger partial charge in [-0.15, -0.1) is 11.3 Å². The summed E-state index contributed by atoms with van der Waals surface area (Å²) < 4.78 is 6.04. The van der Waals surface area contributed by atoms with Crippen molar-refractivity contribution in [1.82, 2.24) is 10.2 Å². The van der Waals surface area contributed by atoms with Crippen LogP contribution in [0, 0.1) is 11.3 Å². The SMILES string of the molecule is CN=C(NC1C2CCCOC2C1(C)C)N1CCN(c2cccs2)CC1. The molecule has 138 valence electrons. The summed E-state index contributed by atoms with van der Waals surface area (Å²) in [7, 11) is 1.91. The Bertz CT molecular complexity index is 607. The van der Waals surface area contributed by atoms with Crippen molar-refractivity contribution in [2.75, 3.05) is 44.7 Å². The summed E-state index contributed by atoms with van der Waals surface area (Å²) in [6.07, 6.45) is 2.87. The number of nitrogens with zero attached hydrogens (tertiary/aromatic N) is 3. The Morgan fingerprint density at radius 2 is 2.12 bits per heavy atom. The maximum Gasteiger partial charge on any atom is 0.194 e. The van der Waals surface area contributed by atoms with Crippen molar-refractivity contribution in [3.8, 4) is 0 Å². The average Bonchev–Trinajstić information content (AvgIpc) is 3.17. The maximum absolute atomic E-state index is 6.04. The van der Waals surface area contributed by atoms with Crippen molar-refractivity contribution in [3.05, 3.63) is 17.5 Å². The van der Waals surface area contributed by atoms with Crippen LogP contribution in [0.15, 0.2) is 22.5 Å². The first-order chi connectivity index (χ1) is 12.1. The average molecular weight is 363 g/mol. The molecule has 4 rings (SSSR count). The fourth-order valence-corrected chi connectivity index (χ4v) is 5.63. The molecule has 0 spiro atoms. The minimum absolute atomic E-state index is 0.180. The molecule has 0 radical (unpaired) electrons. The third-order valence-electron chi connectivity index (χ3n) is 6.22. The second-order valence-corrected chi connectivity index (χ2v) is 8.94. The van der Waals surface area contributed by atoms with Gasteiger partial charge in [-0.25, -0.2) is 0 Å². The topological polar surface area (TPSA) is 40.1 Å². The molecule has 1 aromatic rings. The van der Waals surface area contributed by atoms with Crippen molar-refractivity contribution in [2.45, 2.75) is 38.8 Å². The number of nitrogens with one attached hydrogen (secondary N) is 1. The van der Waals surface area contributed by atoms with Gasteiger partial charge in [-0.05, 0) is 30.4 Å². The summed E-state index contributed by atoms with van der Waals surface area (Å²) in [6.45, 7) is 9.76. The molecule has 3 aliphatic rings. The second-order valence-electron chi connectivity index (χ2n) is 8.01. The number of hydrogen-bond acceptors (Lipinski definition) is 4. The molecule has 6 heteroatoms. The number of aliphatic imine (C=N–C) groups is 1. The van der Waals surface area contributed by atoms with Crippen LogP contribution in [0.2, 0.25) is 0 Å². The van der Waals surface area contributed by atoms with Gasteiger partial charge in [0.1, 0.15) is 0 Å². The molecule has 0 bridgehead atoms. The summed E-state index contributed by atoms with van der Waals surface area (Å²) in [4.78, 5) is 9.49. The number of hydrogen-bond donors (Lipinski definition) is 1. The first-order valence-corrected chi connectivity index (χ1v) is 10.4. The van der Waals surface area contributed by atoms with E-state index in [1.165, 1.54) is 17.8 Å². The predicted octanol–water partition coefficient (Wildman–Crippen LogP) is 2.65. The predicted molar refractivity (Wildman–Crippen MR) is 105 cm³/mol. The number of ether oxygens (including phenoxy) is 1. The van der Waals surface area contributed by atoms with E-state index in [-0.39, 0.29) is 5.41 Å². The standard InChI is InChI=1S/C19H30N4OS/c1-19(2)16(14-6-4-12-24-17(14)19)21-18(20-3)23-10-8-22(9-11-23)15-7-5-13-25-15/h5,7,13-14,16-17H,4,6,8-12H2,1-3H3,(H,20,21). The van der Waals surface area contributed by atoms with Crippen LogP contribution in [-0.4, -0.2) is 62.8 Å². The van der Waals surface area contributed by atoms with E-state index in [1.54, 1.807) is 0 Å². The van der Waals surface area contributed by atoms with Gasteiger partial charge in [-0.1, -0.05) is 13.8 Å². The summed E-state index contributed by atoms with van der Waals surface area (Å²) >= 11 is 1.83. The zero-order chi connectivity index (χ0) is 17.4. The monoisotopic (exact) mass is 362 g/mol. The highest BCUT2D eigenvalue weighted by molar-refractivity contribution is 7.14. The fraction of sp³-hybridized carbons (Fsp3) is 0.737. The summed E-state index contributed by atoms with van der Waals surface area (Å²) in [5, 5.41) is 7.33. The van der Waals surface area contributed by atoms with Crippen molar-refractivity contribution in [1.29, 1.82) is 0 Å². The zero-order valence-electron chi connectivity index (χ0n) is 15.6. The number of anilines is 1. The first kappa shape index (κ1) is 17.2. The van der Waals surface area contributed by atoms with E-state index in [1.807, 2.05) is 18.4 Å². The molecule has 3 fully saturated rings. The quantitative estimate of drug-likeness (QED) is 0.649. The Morgan fingerprint density at radius 3 is 2.80 bits per heavy atom.